The van der Waals surface area contributed by atoms with Gasteiger partial charge in [-0.1, -0.05) is 0 Å². The van der Waals surface area contributed by atoms with E-state index < -0.39 is 0 Å². The van der Waals surface area contributed by atoms with Gasteiger partial charge in [-0.05, 0) is 29.2 Å². The molecule has 2 heterocycles. The quantitative estimate of drug-likeness (QED) is 0.676. The van der Waals surface area contributed by atoms with Gasteiger partial charge < -0.3 is 0 Å². The van der Waals surface area contributed by atoms with Crippen molar-refractivity contribution in [1.82, 2.24) is 20.2 Å². The lowest BCUT2D eigenvalue weighted by Gasteiger charge is -2.42. The number of nitrogens with zero attached hydrogens (tertiary/aromatic N) is 3. The van der Waals surface area contributed by atoms with Crippen molar-refractivity contribution >= 4 is 21.3 Å². The van der Waals surface area contributed by atoms with Crippen LogP contribution in [0.2, 0.25) is 0 Å². The molecular formula is C9H17N4O2P. The maximum Gasteiger partial charge on any atom is 0.353 e. The van der Waals surface area contributed by atoms with Gasteiger partial charge in [0.05, 0.1) is 6.04 Å². The van der Waals surface area contributed by atoms with Crippen LogP contribution < -0.4 is 5.20 Å². The second-order valence-corrected chi connectivity index (χ2v) is 4.42. The Morgan fingerprint density at radius 3 is 2.81 bits per heavy atom. The van der Waals surface area contributed by atoms with Gasteiger partial charge in [0.2, 0.25) is 5.91 Å². The van der Waals surface area contributed by atoms with E-state index in [9.17, 15) is 9.59 Å². The molecule has 2 aliphatic rings. The van der Waals surface area contributed by atoms with Gasteiger partial charge in [0.25, 0.3) is 0 Å². The minimum absolute atomic E-state index is 0.0302. The molecule has 2 atom stereocenters. The van der Waals surface area contributed by atoms with Gasteiger partial charge in [0, 0.05) is 19.5 Å². The molecule has 2 fully saturated rings. The molecule has 2 saturated heterocycles. The Hall–Kier alpha value is -0.870. The summed E-state index contributed by atoms with van der Waals surface area (Å²) in [4.78, 5) is 24.0. The molecule has 0 aromatic heterocycles. The van der Waals surface area contributed by atoms with E-state index in [1.807, 2.05) is 6.92 Å². The van der Waals surface area contributed by atoms with E-state index in [-0.39, 0.29) is 18.0 Å². The number of carbonyl (C=O) groups is 2. The molecule has 2 rings (SSSR count). The summed E-state index contributed by atoms with van der Waals surface area (Å²) in [6, 6.07) is -0.0581. The van der Waals surface area contributed by atoms with Gasteiger partial charge in [-0.2, -0.15) is 0 Å². The Bertz CT molecular complexity index is 312. The topological polar surface area (TPSA) is 55.9 Å². The number of carbonyl (C=O) groups excluding carboxylic acids is 2. The fraction of sp³-hybridized carbons (Fsp3) is 0.778. The van der Waals surface area contributed by atoms with Crippen molar-refractivity contribution in [2.24, 2.45) is 0 Å². The molecule has 3 amide bonds. The number of hydrazine groups is 2. The van der Waals surface area contributed by atoms with Crippen LogP contribution >= 0.6 is 9.39 Å². The molecule has 2 unspecified atom stereocenters. The van der Waals surface area contributed by atoms with E-state index in [1.165, 1.54) is 5.01 Å². The van der Waals surface area contributed by atoms with Crippen molar-refractivity contribution in [2.75, 3.05) is 13.1 Å². The van der Waals surface area contributed by atoms with Gasteiger partial charge >= 0.3 is 6.03 Å². The summed E-state index contributed by atoms with van der Waals surface area (Å²) in [7, 11) is 2.30. The number of hydrogen-bond acceptors (Lipinski definition) is 3. The number of nitrogens with one attached hydrogen (secondary N) is 1. The molecule has 0 aromatic rings. The van der Waals surface area contributed by atoms with Crippen LogP contribution in [0.1, 0.15) is 26.2 Å². The highest BCUT2D eigenvalue weighted by Gasteiger charge is 2.38. The molecule has 2 aliphatic heterocycles. The van der Waals surface area contributed by atoms with E-state index in [4.69, 9.17) is 0 Å². The van der Waals surface area contributed by atoms with Crippen molar-refractivity contribution < 1.29 is 9.59 Å². The van der Waals surface area contributed by atoms with Gasteiger partial charge in [-0.15, -0.1) is 0 Å². The van der Waals surface area contributed by atoms with Crippen LogP contribution in [0.4, 0.5) is 4.79 Å². The molecule has 0 bridgehead atoms. The summed E-state index contributed by atoms with van der Waals surface area (Å²) in [6.45, 7) is 3.05. The highest BCUT2D eigenvalue weighted by molar-refractivity contribution is 7.13. The lowest BCUT2D eigenvalue weighted by Crippen LogP contribution is -2.58. The van der Waals surface area contributed by atoms with E-state index in [1.54, 1.807) is 10.0 Å². The van der Waals surface area contributed by atoms with Crippen LogP contribution in [0.15, 0.2) is 0 Å². The van der Waals surface area contributed by atoms with Crippen LogP contribution in [-0.4, -0.2) is 46.1 Å². The number of urea groups is 1. The van der Waals surface area contributed by atoms with Crippen LogP contribution in [0.3, 0.4) is 0 Å². The van der Waals surface area contributed by atoms with Gasteiger partial charge in [-0.3, -0.25) is 9.80 Å². The highest BCUT2D eigenvalue weighted by Crippen LogP contribution is 2.22. The molecule has 1 N–H and O–H groups in total. The molecule has 6 nitrogen and oxygen atoms in total. The van der Waals surface area contributed by atoms with Crippen molar-refractivity contribution in [3.63, 3.8) is 0 Å². The second-order valence-electron chi connectivity index (χ2n) is 4.17. The molecule has 0 aromatic carbocycles. The summed E-state index contributed by atoms with van der Waals surface area (Å²) in [5.41, 5.74) is 0. The summed E-state index contributed by atoms with van der Waals surface area (Å²) >= 11 is 0. The lowest BCUT2D eigenvalue weighted by atomic mass is 10.1. The zero-order chi connectivity index (χ0) is 11.7. The average molecular weight is 244 g/mol. The predicted molar refractivity (Wildman–Crippen MR) is 61.8 cm³/mol. The van der Waals surface area contributed by atoms with Gasteiger partial charge in [0.15, 0.2) is 0 Å². The largest absolute Gasteiger partial charge is 0.353 e. The van der Waals surface area contributed by atoms with Crippen molar-refractivity contribution in [1.29, 1.82) is 0 Å². The van der Waals surface area contributed by atoms with Gasteiger partial charge in [0.1, 0.15) is 0 Å². The number of rotatable bonds is 1. The number of hydrogen-bond donors (Lipinski definition) is 1. The third kappa shape index (κ3) is 1.87. The van der Waals surface area contributed by atoms with E-state index in [0.717, 1.165) is 12.8 Å². The maximum absolute atomic E-state index is 12.1. The van der Waals surface area contributed by atoms with Crippen LogP contribution in [-0.2, 0) is 4.79 Å². The van der Waals surface area contributed by atoms with Crippen LogP contribution in [0.25, 0.3) is 0 Å². The zero-order valence-corrected chi connectivity index (χ0v) is 10.5. The Morgan fingerprint density at radius 1 is 1.38 bits per heavy atom. The van der Waals surface area contributed by atoms with Crippen LogP contribution in [0, 0.1) is 0 Å². The summed E-state index contributed by atoms with van der Waals surface area (Å²) in [5.74, 6) is 0.0302. The lowest BCUT2D eigenvalue weighted by molar-refractivity contribution is -0.149. The zero-order valence-electron chi connectivity index (χ0n) is 9.35. The first-order valence-electron chi connectivity index (χ1n) is 5.52. The number of fused-ring (bicyclic) bond motifs is 1. The Balaban J connectivity index is 2.27. The first kappa shape index (κ1) is 11.6. The third-order valence-electron chi connectivity index (χ3n) is 3.09. The van der Waals surface area contributed by atoms with E-state index in [2.05, 4.69) is 14.6 Å². The smallest absolute Gasteiger partial charge is 0.273 e. The second kappa shape index (κ2) is 4.55. The van der Waals surface area contributed by atoms with E-state index >= 15 is 0 Å². The predicted octanol–water partition coefficient (Wildman–Crippen LogP) is 0.335. The SMILES string of the molecule is CC1CCCN2C(=O)CCN(NP)C(=O)N12. The van der Waals surface area contributed by atoms with Crippen molar-refractivity contribution in [3.05, 3.63) is 0 Å². The molecule has 0 aliphatic carbocycles. The maximum atomic E-state index is 12.1. The number of amides is 3. The fourth-order valence-corrected chi connectivity index (χ4v) is 2.46. The monoisotopic (exact) mass is 244 g/mol. The molecule has 0 radical (unpaired) electrons. The summed E-state index contributed by atoms with van der Waals surface area (Å²) in [5, 5.41) is 7.39. The standard InChI is InChI=1S/C9H17N4O2P/c1-7-3-2-5-12-8(14)4-6-11(10-16)9(15)13(7)12/h7,10H,2-6,16H2,1H3. The third-order valence-corrected chi connectivity index (χ3v) is 3.40. The fourth-order valence-electron chi connectivity index (χ4n) is 2.22. The highest BCUT2D eigenvalue weighted by atomic mass is 31.0. The Labute approximate surface area is 97.1 Å². The minimum atomic E-state index is -0.145. The van der Waals surface area contributed by atoms with E-state index in [0.29, 0.717) is 19.5 Å². The molecule has 90 valence electrons. The first-order chi connectivity index (χ1) is 7.65. The van der Waals surface area contributed by atoms with Crippen molar-refractivity contribution in [2.45, 2.75) is 32.2 Å². The van der Waals surface area contributed by atoms with Gasteiger partial charge in [-0.25, -0.2) is 20.0 Å². The molecule has 16 heavy (non-hydrogen) atoms. The molecular weight excluding hydrogens is 227 g/mol. The summed E-state index contributed by atoms with van der Waals surface area (Å²) in [6.07, 6.45) is 2.28. The Kier molecular flexibility index (Phi) is 3.30. The first-order valence-corrected chi connectivity index (χ1v) is 6.10. The summed E-state index contributed by atoms with van der Waals surface area (Å²) < 4.78 is 0. The minimum Gasteiger partial charge on any atom is -0.273 e. The Morgan fingerprint density at radius 2 is 2.12 bits per heavy atom. The van der Waals surface area contributed by atoms with Crippen molar-refractivity contribution in [3.8, 4) is 0 Å². The molecule has 0 spiro atoms. The molecule has 0 saturated carbocycles. The molecule has 7 heteroatoms. The average Bonchev–Trinajstić information content (AvgIpc) is 2.39. The van der Waals surface area contributed by atoms with Crippen LogP contribution in [0.5, 0.6) is 0 Å². The normalized spacial score (nSPS) is 26.9.